The number of hydrogen-bond acceptors (Lipinski definition) is 5. The van der Waals surface area contributed by atoms with Gasteiger partial charge >= 0.3 is 0 Å². The second-order valence-corrected chi connectivity index (χ2v) is 7.96. The van der Waals surface area contributed by atoms with Gasteiger partial charge in [-0.05, 0) is 43.7 Å². The minimum Gasteiger partial charge on any atom is -0.381 e. The summed E-state index contributed by atoms with van der Waals surface area (Å²) in [6.45, 7) is 3.61. The fourth-order valence-electron chi connectivity index (χ4n) is 2.77. The maximum Gasteiger partial charge on any atom is 0.212 e. The van der Waals surface area contributed by atoms with E-state index in [9.17, 15) is 8.42 Å². The number of ether oxygens (including phenoxy) is 1. The summed E-state index contributed by atoms with van der Waals surface area (Å²) in [5, 5.41) is 8.10. The van der Waals surface area contributed by atoms with E-state index in [0.29, 0.717) is 23.8 Å². The van der Waals surface area contributed by atoms with Crippen LogP contribution in [0.3, 0.4) is 0 Å². The zero-order valence-electron chi connectivity index (χ0n) is 13.2. The molecule has 3 rings (SSSR count). The SMILES string of the molecule is Cc1ccc2nnc(CNS(=O)(=O)CCC3CCOCC3)n2c1. The van der Waals surface area contributed by atoms with Gasteiger partial charge in [0.25, 0.3) is 0 Å². The quantitative estimate of drug-likeness (QED) is 0.857. The Hall–Kier alpha value is -1.51. The molecule has 0 unspecified atom stereocenters. The van der Waals surface area contributed by atoms with E-state index in [1.54, 1.807) is 0 Å². The third-order valence-electron chi connectivity index (χ3n) is 4.21. The van der Waals surface area contributed by atoms with Gasteiger partial charge in [-0.2, -0.15) is 0 Å². The Balaban J connectivity index is 1.58. The molecule has 0 aromatic carbocycles. The van der Waals surface area contributed by atoms with Crippen molar-refractivity contribution in [3.8, 4) is 0 Å². The first-order chi connectivity index (χ1) is 11.0. The van der Waals surface area contributed by atoms with E-state index in [0.717, 1.165) is 31.6 Å². The molecular formula is C15H22N4O3S. The van der Waals surface area contributed by atoms with Gasteiger partial charge in [-0.1, -0.05) is 6.07 Å². The van der Waals surface area contributed by atoms with Gasteiger partial charge in [0, 0.05) is 19.4 Å². The van der Waals surface area contributed by atoms with Crippen molar-refractivity contribution in [2.45, 2.75) is 32.7 Å². The van der Waals surface area contributed by atoms with Crippen LogP contribution in [0.2, 0.25) is 0 Å². The summed E-state index contributed by atoms with van der Waals surface area (Å²) >= 11 is 0. The van der Waals surface area contributed by atoms with Crippen LogP contribution in [0, 0.1) is 12.8 Å². The number of aryl methyl sites for hydroxylation is 1. The number of hydrogen-bond donors (Lipinski definition) is 1. The van der Waals surface area contributed by atoms with E-state index in [2.05, 4.69) is 14.9 Å². The molecule has 126 valence electrons. The van der Waals surface area contributed by atoms with Gasteiger partial charge in [0.1, 0.15) is 0 Å². The number of pyridine rings is 1. The van der Waals surface area contributed by atoms with Gasteiger partial charge < -0.3 is 4.74 Å². The average Bonchev–Trinajstić information content (AvgIpc) is 2.94. The number of sulfonamides is 1. The maximum atomic E-state index is 12.2. The molecule has 1 N–H and O–H groups in total. The van der Waals surface area contributed by atoms with Crippen LogP contribution in [-0.4, -0.2) is 42.0 Å². The lowest BCUT2D eigenvalue weighted by atomic mass is 9.98. The summed E-state index contributed by atoms with van der Waals surface area (Å²) in [5.74, 6) is 1.18. The topological polar surface area (TPSA) is 85.6 Å². The van der Waals surface area contributed by atoms with E-state index < -0.39 is 10.0 Å². The second kappa shape index (κ2) is 6.94. The Morgan fingerprint density at radius 2 is 2.09 bits per heavy atom. The fraction of sp³-hybridized carbons (Fsp3) is 0.600. The van der Waals surface area contributed by atoms with Crippen molar-refractivity contribution in [2.24, 2.45) is 5.92 Å². The van der Waals surface area contributed by atoms with E-state index in [4.69, 9.17) is 4.74 Å². The molecule has 2 aromatic rings. The van der Waals surface area contributed by atoms with Gasteiger partial charge in [-0.25, -0.2) is 13.1 Å². The van der Waals surface area contributed by atoms with Crippen molar-refractivity contribution in [3.05, 3.63) is 29.7 Å². The molecular weight excluding hydrogens is 316 g/mol. The minimum absolute atomic E-state index is 0.146. The van der Waals surface area contributed by atoms with Gasteiger partial charge in [0.15, 0.2) is 11.5 Å². The Morgan fingerprint density at radius 1 is 1.30 bits per heavy atom. The predicted octanol–water partition coefficient (Wildman–Crippen LogP) is 1.27. The van der Waals surface area contributed by atoms with Crippen LogP contribution in [0.4, 0.5) is 0 Å². The molecule has 8 heteroatoms. The van der Waals surface area contributed by atoms with Crippen molar-refractivity contribution in [1.82, 2.24) is 19.3 Å². The molecule has 0 amide bonds. The second-order valence-electron chi connectivity index (χ2n) is 6.04. The lowest BCUT2D eigenvalue weighted by Crippen LogP contribution is -2.28. The van der Waals surface area contributed by atoms with Crippen molar-refractivity contribution in [1.29, 1.82) is 0 Å². The zero-order chi connectivity index (χ0) is 16.3. The van der Waals surface area contributed by atoms with E-state index in [1.165, 1.54) is 0 Å². The molecule has 1 saturated heterocycles. The lowest BCUT2D eigenvalue weighted by Gasteiger charge is -2.21. The first-order valence-corrected chi connectivity index (χ1v) is 9.54. The van der Waals surface area contributed by atoms with E-state index in [1.807, 2.05) is 29.7 Å². The van der Waals surface area contributed by atoms with Crippen LogP contribution < -0.4 is 4.72 Å². The molecule has 1 aliphatic rings. The third kappa shape index (κ3) is 4.27. The highest BCUT2D eigenvalue weighted by molar-refractivity contribution is 7.89. The number of fused-ring (bicyclic) bond motifs is 1. The summed E-state index contributed by atoms with van der Waals surface area (Å²) in [5.41, 5.74) is 1.79. The van der Waals surface area contributed by atoms with Crippen molar-refractivity contribution < 1.29 is 13.2 Å². The molecule has 3 heterocycles. The number of aromatic nitrogens is 3. The predicted molar refractivity (Wildman–Crippen MR) is 86.5 cm³/mol. The van der Waals surface area contributed by atoms with Gasteiger partial charge in [-0.3, -0.25) is 4.40 Å². The van der Waals surface area contributed by atoms with E-state index in [-0.39, 0.29) is 12.3 Å². The highest BCUT2D eigenvalue weighted by Crippen LogP contribution is 2.18. The molecule has 0 saturated carbocycles. The first kappa shape index (κ1) is 16.4. The van der Waals surface area contributed by atoms with Crippen LogP contribution in [0.25, 0.3) is 5.65 Å². The minimum atomic E-state index is -3.31. The Labute approximate surface area is 136 Å². The van der Waals surface area contributed by atoms with Gasteiger partial charge in [0.05, 0.1) is 12.3 Å². The fourth-order valence-corrected chi connectivity index (χ4v) is 3.91. The molecule has 1 fully saturated rings. The lowest BCUT2D eigenvalue weighted by molar-refractivity contribution is 0.0655. The number of rotatable bonds is 6. The molecule has 23 heavy (non-hydrogen) atoms. The van der Waals surface area contributed by atoms with Gasteiger partial charge in [0.2, 0.25) is 10.0 Å². The highest BCUT2D eigenvalue weighted by Gasteiger charge is 2.18. The van der Waals surface area contributed by atoms with Crippen LogP contribution in [0.15, 0.2) is 18.3 Å². The highest BCUT2D eigenvalue weighted by atomic mass is 32.2. The summed E-state index contributed by atoms with van der Waals surface area (Å²) in [6, 6.07) is 3.82. The van der Waals surface area contributed by atoms with Crippen LogP contribution >= 0.6 is 0 Å². The maximum absolute atomic E-state index is 12.2. The number of nitrogens with one attached hydrogen (secondary N) is 1. The first-order valence-electron chi connectivity index (χ1n) is 7.89. The molecule has 0 radical (unpaired) electrons. The molecule has 1 aliphatic heterocycles. The van der Waals surface area contributed by atoms with Crippen LogP contribution in [0.5, 0.6) is 0 Å². The molecule has 0 bridgehead atoms. The van der Waals surface area contributed by atoms with Crippen molar-refractivity contribution in [3.63, 3.8) is 0 Å². The molecule has 0 spiro atoms. The van der Waals surface area contributed by atoms with Crippen LogP contribution in [-0.2, 0) is 21.3 Å². The summed E-state index contributed by atoms with van der Waals surface area (Å²) in [6.07, 6.45) is 4.48. The zero-order valence-corrected chi connectivity index (χ0v) is 14.1. The normalized spacial score (nSPS) is 16.9. The number of nitrogens with zero attached hydrogens (tertiary/aromatic N) is 3. The van der Waals surface area contributed by atoms with Gasteiger partial charge in [-0.15, -0.1) is 10.2 Å². The molecule has 0 aliphatic carbocycles. The smallest absolute Gasteiger partial charge is 0.212 e. The van der Waals surface area contributed by atoms with Crippen molar-refractivity contribution in [2.75, 3.05) is 19.0 Å². The third-order valence-corrected chi connectivity index (χ3v) is 5.56. The van der Waals surface area contributed by atoms with E-state index >= 15 is 0 Å². The van der Waals surface area contributed by atoms with Crippen LogP contribution in [0.1, 0.15) is 30.7 Å². The molecule has 7 nitrogen and oxygen atoms in total. The standard InChI is InChI=1S/C15H22N4O3S/c1-12-2-3-14-17-18-15(19(14)11-12)10-16-23(20,21)9-6-13-4-7-22-8-5-13/h2-3,11,13,16H,4-10H2,1H3. The van der Waals surface area contributed by atoms with Crippen molar-refractivity contribution >= 4 is 15.7 Å². The monoisotopic (exact) mass is 338 g/mol. The largest absolute Gasteiger partial charge is 0.381 e. The molecule has 0 atom stereocenters. The summed E-state index contributed by atoms with van der Waals surface area (Å²) < 4.78 is 34.1. The Morgan fingerprint density at radius 3 is 2.87 bits per heavy atom. The Kier molecular flexibility index (Phi) is 4.93. The summed E-state index contributed by atoms with van der Waals surface area (Å²) in [4.78, 5) is 0. The Bertz CT molecular complexity index is 766. The average molecular weight is 338 g/mol. The molecule has 2 aromatic heterocycles. The summed E-state index contributed by atoms with van der Waals surface area (Å²) in [7, 11) is -3.31.